The number of nitrogens with zero attached hydrogens (tertiary/aromatic N) is 4. The number of carbonyl (C=O) groups excluding carboxylic acids is 1. The van der Waals surface area contributed by atoms with Gasteiger partial charge in [0.05, 0.1) is 0 Å². The summed E-state index contributed by atoms with van der Waals surface area (Å²) in [7, 11) is 0. The van der Waals surface area contributed by atoms with Crippen LogP contribution in [0.2, 0.25) is 0 Å². The SMILES string of the molecule is CC(C(=O)N1CCCCC1)n1cnc(N)n1. The molecular weight excluding hydrogens is 206 g/mol. The van der Waals surface area contributed by atoms with Crippen molar-refractivity contribution in [2.75, 3.05) is 18.8 Å². The van der Waals surface area contributed by atoms with Gasteiger partial charge in [-0.2, -0.15) is 0 Å². The quantitative estimate of drug-likeness (QED) is 0.789. The highest BCUT2D eigenvalue weighted by Gasteiger charge is 2.23. The van der Waals surface area contributed by atoms with Gasteiger partial charge in [0.1, 0.15) is 12.4 Å². The van der Waals surface area contributed by atoms with Crippen molar-refractivity contribution in [1.29, 1.82) is 0 Å². The molecule has 1 aromatic rings. The topological polar surface area (TPSA) is 77.0 Å². The first-order valence-electron chi connectivity index (χ1n) is 5.64. The van der Waals surface area contributed by atoms with Crippen LogP contribution in [-0.2, 0) is 4.79 Å². The molecule has 1 atom stereocenters. The molecule has 0 spiro atoms. The summed E-state index contributed by atoms with van der Waals surface area (Å²) in [5.74, 6) is 0.308. The first-order chi connectivity index (χ1) is 7.68. The first kappa shape index (κ1) is 10.9. The van der Waals surface area contributed by atoms with Crippen LogP contribution in [0, 0.1) is 0 Å². The van der Waals surface area contributed by atoms with Gasteiger partial charge in [-0.05, 0) is 26.2 Å². The zero-order chi connectivity index (χ0) is 11.5. The van der Waals surface area contributed by atoms with Crippen molar-refractivity contribution in [2.45, 2.75) is 32.2 Å². The molecule has 0 bridgehead atoms. The number of nitrogen functional groups attached to an aromatic ring is 1. The van der Waals surface area contributed by atoms with E-state index in [4.69, 9.17) is 5.73 Å². The molecule has 2 N–H and O–H groups in total. The minimum absolute atomic E-state index is 0.101. The predicted molar refractivity (Wildman–Crippen MR) is 59.6 cm³/mol. The van der Waals surface area contributed by atoms with Crippen LogP contribution >= 0.6 is 0 Å². The summed E-state index contributed by atoms with van der Waals surface area (Å²) in [5, 5.41) is 3.96. The van der Waals surface area contributed by atoms with Crippen LogP contribution in [0.15, 0.2) is 6.33 Å². The summed E-state index contributed by atoms with van der Waals surface area (Å²) < 4.78 is 1.52. The van der Waals surface area contributed by atoms with E-state index in [2.05, 4.69) is 10.1 Å². The van der Waals surface area contributed by atoms with Crippen LogP contribution in [0.25, 0.3) is 0 Å². The molecule has 2 heterocycles. The third kappa shape index (κ3) is 2.15. The van der Waals surface area contributed by atoms with Crippen molar-refractivity contribution in [2.24, 2.45) is 0 Å². The van der Waals surface area contributed by atoms with Gasteiger partial charge in [0.25, 0.3) is 0 Å². The van der Waals surface area contributed by atoms with Gasteiger partial charge in [0.15, 0.2) is 0 Å². The van der Waals surface area contributed by atoms with Gasteiger partial charge in [-0.3, -0.25) is 4.79 Å². The third-order valence-corrected chi connectivity index (χ3v) is 2.95. The van der Waals surface area contributed by atoms with E-state index in [1.165, 1.54) is 17.4 Å². The second-order valence-corrected chi connectivity index (χ2v) is 4.14. The smallest absolute Gasteiger partial charge is 0.247 e. The Hall–Kier alpha value is -1.59. The van der Waals surface area contributed by atoms with Crippen LogP contribution in [0.1, 0.15) is 32.2 Å². The number of nitrogens with two attached hydrogens (primary N) is 1. The van der Waals surface area contributed by atoms with Crippen molar-refractivity contribution in [1.82, 2.24) is 19.7 Å². The summed E-state index contributed by atoms with van der Waals surface area (Å²) in [6, 6.07) is -0.317. The van der Waals surface area contributed by atoms with Crippen molar-refractivity contribution >= 4 is 11.9 Å². The fourth-order valence-corrected chi connectivity index (χ4v) is 1.97. The third-order valence-electron chi connectivity index (χ3n) is 2.95. The monoisotopic (exact) mass is 223 g/mol. The molecule has 1 aliphatic heterocycles. The molecule has 1 aromatic heterocycles. The van der Waals surface area contributed by atoms with Crippen molar-refractivity contribution in [3.63, 3.8) is 0 Å². The van der Waals surface area contributed by atoms with E-state index in [1.807, 2.05) is 11.8 Å². The second-order valence-electron chi connectivity index (χ2n) is 4.14. The summed E-state index contributed by atoms with van der Waals surface area (Å²) in [6.45, 7) is 3.53. The van der Waals surface area contributed by atoms with Crippen molar-refractivity contribution in [3.8, 4) is 0 Å². The Morgan fingerprint density at radius 3 is 2.69 bits per heavy atom. The zero-order valence-electron chi connectivity index (χ0n) is 9.46. The maximum atomic E-state index is 12.1. The molecule has 1 fully saturated rings. The van der Waals surface area contributed by atoms with E-state index >= 15 is 0 Å². The lowest BCUT2D eigenvalue weighted by molar-refractivity contribution is -0.135. The van der Waals surface area contributed by atoms with E-state index in [-0.39, 0.29) is 17.9 Å². The fraction of sp³-hybridized carbons (Fsp3) is 0.700. The lowest BCUT2D eigenvalue weighted by Crippen LogP contribution is -2.39. The highest BCUT2D eigenvalue weighted by atomic mass is 16.2. The summed E-state index contributed by atoms with van der Waals surface area (Å²) in [5.41, 5.74) is 5.43. The van der Waals surface area contributed by atoms with E-state index in [0.29, 0.717) is 0 Å². The lowest BCUT2D eigenvalue weighted by atomic mass is 10.1. The molecule has 16 heavy (non-hydrogen) atoms. The van der Waals surface area contributed by atoms with E-state index < -0.39 is 0 Å². The van der Waals surface area contributed by atoms with Crippen LogP contribution < -0.4 is 5.73 Å². The average Bonchev–Trinajstić information content (AvgIpc) is 2.75. The van der Waals surface area contributed by atoms with Crippen molar-refractivity contribution < 1.29 is 4.79 Å². The molecule has 1 amide bonds. The Kier molecular flexibility index (Phi) is 3.07. The second kappa shape index (κ2) is 4.51. The first-order valence-corrected chi connectivity index (χ1v) is 5.64. The number of hydrogen-bond acceptors (Lipinski definition) is 4. The number of aromatic nitrogens is 3. The maximum Gasteiger partial charge on any atom is 0.247 e. The maximum absolute atomic E-state index is 12.1. The molecule has 0 aromatic carbocycles. The molecule has 1 saturated heterocycles. The highest BCUT2D eigenvalue weighted by molar-refractivity contribution is 5.80. The molecular formula is C10H17N5O. The Bertz CT molecular complexity index is 369. The predicted octanol–water partition coefficient (Wildman–Crippen LogP) is 0.434. The number of likely N-dealkylation sites (tertiary alicyclic amines) is 1. The standard InChI is InChI=1S/C10H17N5O/c1-8(15-7-12-10(11)13-15)9(16)14-5-3-2-4-6-14/h7-8H,2-6H2,1H3,(H2,11,13). The molecule has 6 heteroatoms. The number of amides is 1. The lowest BCUT2D eigenvalue weighted by Gasteiger charge is -2.29. The van der Waals surface area contributed by atoms with Gasteiger partial charge in [0.2, 0.25) is 11.9 Å². The summed E-state index contributed by atoms with van der Waals surface area (Å²) in [4.78, 5) is 17.8. The largest absolute Gasteiger partial charge is 0.367 e. The van der Waals surface area contributed by atoms with Crippen LogP contribution in [0.5, 0.6) is 0 Å². The molecule has 0 aliphatic carbocycles. The minimum atomic E-state index is -0.317. The van der Waals surface area contributed by atoms with Crippen molar-refractivity contribution in [3.05, 3.63) is 6.33 Å². The van der Waals surface area contributed by atoms with Gasteiger partial charge in [0, 0.05) is 13.1 Å². The van der Waals surface area contributed by atoms with Gasteiger partial charge < -0.3 is 10.6 Å². The summed E-state index contributed by atoms with van der Waals surface area (Å²) >= 11 is 0. The van der Waals surface area contributed by atoms with Gasteiger partial charge in [-0.1, -0.05) is 0 Å². The molecule has 6 nitrogen and oxygen atoms in total. The van der Waals surface area contributed by atoms with Crippen LogP contribution in [-0.4, -0.2) is 38.7 Å². The van der Waals surface area contributed by atoms with E-state index in [1.54, 1.807) is 0 Å². The summed E-state index contributed by atoms with van der Waals surface area (Å²) in [6.07, 6.45) is 4.91. The van der Waals surface area contributed by atoms with Gasteiger partial charge in [-0.15, -0.1) is 5.10 Å². The number of hydrogen-bond donors (Lipinski definition) is 1. The normalized spacial score (nSPS) is 18.4. The average molecular weight is 223 g/mol. The molecule has 2 rings (SSSR count). The minimum Gasteiger partial charge on any atom is -0.367 e. The Morgan fingerprint density at radius 1 is 1.44 bits per heavy atom. The Morgan fingerprint density at radius 2 is 2.12 bits per heavy atom. The van der Waals surface area contributed by atoms with E-state index in [9.17, 15) is 4.79 Å². The Balaban J connectivity index is 2.03. The molecule has 88 valence electrons. The van der Waals surface area contributed by atoms with E-state index in [0.717, 1.165) is 25.9 Å². The molecule has 1 aliphatic rings. The Labute approximate surface area is 94.4 Å². The zero-order valence-corrected chi connectivity index (χ0v) is 9.46. The fourth-order valence-electron chi connectivity index (χ4n) is 1.97. The number of rotatable bonds is 2. The van der Waals surface area contributed by atoms with Gasteiger partial charge in [-0.25, -0.2) is 9.67 Å². The number of piperidine rings is 1. The van der Waals surface area contributed by atoms with Gasteiger partial charge >= 0.3 is 0 Å². The van der Waals surface area contributed by atoms with Crippen LogP contribution in [0.4, 0.5) is 5.95 Å². The number of carbonyl (C=O) groups is 1. The highest BCUT2D eigenvalue weighted by Crippen LogP contribution is 2.14. The molecule has 0 saturated carbocycles. The molecule has 1 unspecified atom stereocenters. The number of anilines is 1. The van der Waals surface area contributed by atoms with Crippen LogP contribution in [0.3, 0.4) is 0 Å². The molecule has 0 radical (unpaired) electrons.